The zero-order valence-electron chi connectivity index (χ0n) is 11.9. The second-order valence-electron chi connectivity index (χ2n) is 5.77. The summed E-state index contributed by atoms with van der Waals surface area (Å²) in [4.78, 5) is 2.30. The van der Waals surface area contributed by atoms with Gasteiger partial charge in [-0.3, -0.25) is 0 Å². The average Bonchev–Trinajstić information content (AvgIpc) is 2.33. The molecule has 1 aromatic rings. The number of likely N-dealkylation sites (tertiary alicyclic amines) is 1. The van der Waals surface area contributed by atoms with Gasteiger partial charge in [0.15, 0.2) is 0 Å². The van der Waals surface area contributed by atoms with Crippen LogP contribution in [0.25, 0.3) is 0 Å². The highest BCUT2D eigenvalue weighted by Crippen LogP contribution is 2.39. The lowest BCUT2D eigenvalue weighted by atomic mass is 9.73. The Bertz CT molecular complexity index is 423. The summed E-state index contributed by atoms with van der Waals surface area (Å²) in [5.41, 5.74) is 8.73. The van der Waals surface area contributed by atoms with Gasteiger partial charge in [-0.2, -0.15) is 0 Å². The lowest BCUT2D eigenvalue weighted by Gasteiger charge is -2.49. The molecule has 0 atom stereocenters. The lowest BCUT2D eigenvalue weighted by molar-refractivity contribution is 0.0976. The van der Waals surface area contributed by atoms with Crippen molar-refractivity contribution >= 4 is 0 Å². The van der Waals surface area contributed by atoms with Crippen LogP contribution in [0.1, 0.15) is 30.9 Å². The molecule has 1 aliphatic heterocycles. The molecule has 0 saturated carbocycles. The van der Waals surface area contributed by atoms with Crippen molar-refractivity contribution in [2.75, 3.05) is 33.8 Å². The second-order valence-corrected chi connectivity index (χ2v) is 5.77. The standard InChI is InChI=1S/C15H24N2O/c1-11(2)12-5-6-14(18-4)13(7-12)15(8-16)9-17(3)10-15/h5-7,11H,8-10,16H2,1-4H3. The zero-order valence-corrected chi connectivity index (χ0v) is 11.9. The van der Waals surface area contributed by atoms with Crippen LogP contribution in [0.3, 0.4) is 0 Å². The van der Waals surface area contributed by atoms with E-state index in [1.54, 1.807) is 7.11 Å². The number of nitrogens with two attached hydrogens (primary N) is 1. The van der Waals surface area contributed by atoms with Crippen molar-refractivity contribution in [1.29, 1.82) is 0 Å². The number of ether oxygens (including phenoxy) is 1. The van der Waals surface area contributed by atoms with Crippen molar-refractivity contribution in [3.05, 3.63) is 29.3 Å². The fraction of sp³-hybridized carbons (Fsp3) is 0.600. The fourth-order valence-electron chi connectivity index (χ4n) is 2.90. The molecule has 2 rings (SSSR count). The largest absolute Gasteiger partial charge is 0.496 e. The zero-order chi connectivity index (χ0) is 13.3. The normalized spacial score (nSPS) is 18.8. The van der Waals surface area contributed by atoms with Gasteiger partial charge in [0.25, 0.3) is 0 Å². The lowest BCUT2D eigenvalue weighted by Crippen LogP contribution is -2.61. The van der Waals surface area contributed by atoms with E-state index in [2.05, 4.69) is 44.0 Å². The molecule has 0 aliphatic carbocycles. The van der Waals surface area contributed by atoms with Gasteiger partial charge >= 0.3 is 0 Å². The van der Waals surface area contributed by atoms with Crippen molar-refractivity contribution in [3.8, 4) is 5.75 Å². The predicted octanol–water partition coefficient (Wildman–Crippen LogP) is 1.96. The highest BCUT2D eigenvalue weighted by molar-refractivity contribution is 5.46. The van der Waals surface area contributed by atoms with E-state index in [4.69, 9.17) is 10.5 Å². The predicted molar refractivity (Wildman–Crippen MR) is 75.3 cm³/mol. The van der Waals surface area contributed by atoms with E-state index in [-0.39, 0.29) is 5.41 Å². The van der Waals surface area contributed by atoms with Crippen LogP contribution in [-0.2, 0) is 5.41 Å². The first kappa shape index (κ1) is 13.4. The van der Waals surface area contributed by atoms with E-state index >= 15 is 0 Å². The molecule has 0 aromatic heterocycles. The topological polar surface area (TPSA) is 38.5 Å². The first-order chi connectivity index (χ1) is 8.52. The quantitative estimate of drug-likeness (QED) is 0.885. The summed E-state index contributed by atoms with van der Waals surface area (Å²) in [6.45, 7) is 7.14. The highest BCUT2D eigenvalue weighted by Gasteiger charge is 2.43. The van der Waals surface area contributed by atoms with Crippen molar-refractivity contribution in [1.82, 2.24) is 4.90 Å². The number of likely N-dealkylation sites (N-methyl/N-ethyl adjacent to an activating group) is 1. The number of methoxy groups -OCH3 is 1. The number of hydrogen-bond acceptors (Lipinski definition) is 3. The highest BCUT2D eigenvalue weighted by atomic mass is 16.5. The van der Waals surface area contributed by atoms with E-state index in [1.165, 1.54) is 11.1 Å². The molecule has 1 aliphatic rings. The fourth-order valence-corrected chi connectivity index (χ4v) is 2.90. The van der Waals surface area contributed by atoms with Gasteiger partial charge in [-0.05, 0) is 24.6 Å². The van der Waals surface area contributed by atoms with E-state index < -0.39 is 0 Å². The molecule has 2 N–H and O–H groups in total. The molecule has 0 bridgehead atoms. The Hall–Kier alpha value is -1.06. The molecule has 18 heavy (non-hydrogen) atoms. The minimum absolute atomic E-state index is 0.0744. The molecule has 1 aromatic carbocycles. The number of hydrogen-bond donors (Lipinski definition) is 1. The maximum atomic E-state index is 6.03. The summed E-state index contributed by atoms with van der Waals surface area (Å²) >= 11 is 0. The Balaban J connectivity index is 2.43. The molecular weight excluding hydrogens is 224 g/mol. The van der Waals surface area contributed by atoms with Gasteiger partial charge in [-0.15, -0.1) is 0 Å². The molecule has 0 radical (unpaired) electrons. The van der Waals surface area contributed by atoms with Gasteiger partial charge in [0, 0.05) is 30.6 Å². The van der Waals surface area contributed by atoms with Gasteiger partial charge in [0.1, 0.15) is 5.75 Å². The summed E-state index contributed by atoms with van der Waals surface area (Å²) in [6, 6.07) is 6.52. The first-order valence-electron chi connectivity index (χ1n) is 6.59. The Labute approximate surface area is 110 Å². The molecule has 0 spiro atoms. The van der Waals surface area contributed by atoms with Gasteiger partial charge in [-0.1, -0.05) is 26.0 Å². The smallest absolute Gasteiger partial charge is 0.122 e. The van der Waals surface area contributed by atoms with Gasteiger partial charge in [-0.25, -0.2) is 0 Å². The molecule has 100 valence electrons. The third-order valence-electron chi connectivity index (χ3n) is 4.00. The maximum absolute atomic E-state index is 6.03. The van der Waals surface area contributed by atoms with Crippen molar-refractivity contribution in [3.63, 3.8) is 0 Å². The molecule has 1 heterocycles. The van der Waals surface area contributed by atoms with Crippen LogP contribution in [0.2, 0.25) is 0 Å². The summed E-state index contributed by atoms with van der Waals surface area (Å²) in [5, 5.41) is 0. The van der Waals surface area contributed by atoms with E-state index in [9.17, 15) is 0 Å². The summed E-state index contributed by atoms with van der Waals surface area (Å²) in [5.74, 6) is 1.50. The number of nitrogens with zero attached hydrogens (tertiary/aromatic N) is 1. The van der Waals surface area contributed by atoms with Crippen LogP contribution in [0.15, 0.2) is 18.2 Å². The molecule has 3 nitrogen and oxygen atoms in total. The molecule has 1 fully saturated rings. The van der Waals surface area contributed by atoms with E-state index in [1.807, 2.05) is 0 Å². The van der Waals surface area contributed by atoms with Crippen LogP contribution < -0.4 is 10.5 Å². The van der Waals surface area contributed by atoms with Crippen LogP contribution in [0, 0.1) is 0 Å². The van der Waals surface area contributed by atoms with E-state index in [0.29, 0.717) is 12.5 Å². The minimum atomic E-state index is 0.0744. The molecule has 3 heteroatoms. The minimum Gasteiger partial charge on any atom is -0.496 e. The van der Waals surface area contributed by atoms with Crippen LogP contribution in [0.4, 0.5) is 0 Å². The molecule has 1 saturated heterocycles. The number of rotatable bonds is 4. The van der Waals surface area contributed by atoms with E-state index in [0.717, 1.165) is 18.8 Å². The van der Waals surface area contributed by atoms with Gasteiger partial charge in [0.05, 0.1) is 7.11 Å². The van der Waals surface area contributed by atoms with Gasteiger partial charge < -0.3 is 15.4 Å². The van der Waals surface area contributed by atoms with Crippen molar-refractivity contribution in [2.24, 2.45) is 5.73 Å². The Morgan fingerprint density at radius 3 is 2.50 bits per heavy atom. The Morgan fingerprint density at radius 2 is 2.06 bits per heavy atom. The molecule has 0 unspecified atom stereocenters. The monoisotopic (exact) mass is 248 g/mol. The summed E-state index contributed by atoms with van der Waals surface area (Å²) in [7, 11) is 3.87. The molecular formula is C15H24N2O. The summed E-state index contributed by atoms with van der Waals surface area (Å²) < 4.78 is 5.52. The third kappa shape index (κ3) is 2.13. The van der Waals surface area contributed by atoms with Gasteiger partial charge in [0.2, 0.25) is 0 Å². The van der Waals surface area contributed by atoms with Crippen LogP contribution >= 0.6 is 0 Å². The molecule has 0 amide bonds. The summed E-state index contributed by atoms with van der Waals surface area (Å²) in [6.07, 6.45) is 0. The Kier molecular flexibility index (Phi) is 3.64. The maximum Gasteiger partial charge on any atom is 0.122 e. The van der Waals surface area contributed by atoms with Crippen LogP contribution in [0.5, 0.6) is 5.75 Å². The first-order valence-corrected chi connectivity index (χ1v) is 6.59. The second kappa shape index (κ2) is 4.90. The van der Waals surface area contributed by atoms with Crippen LogP contribution in [-0.4, -0.2) is 38.7 Å². The third-order valence-corrected chi connectivity index (χ3v) is 4.00. The SMILES string of the molecule is COc1ccc(C(C)C)cc1C1(CN)CN(C)C1. The number of benzene rings is 1. The Morgan fingerprint density at radius 1 is 1.39 bits per heavy atom. The average molecular weight is 248 g/mol. The van der Waals surface area contributed by atoms with Crippen molar-refractivity contribution < 1.29 is 4.74 Å². The van der Waals surface area contributed by atoms with Crippen molar-refractivity contribution in [2.45, 2.75) is 25.2 Å².